The van der Waals surface area contributed by atoms with Crippen molar-refractivity contribution in [2.24, 2.45) is 17.3 Å². The number of fused-ring (bicyclic) bond motifs is 1. The number of nitrogens with zero attached hydrogens (tertiary/aromatic N) is 1. The topological polar surface area (TPSA) is 20.3 Å². The van der Waals surface area contributed by atoms with Crippen LogP contribution in [0.25, 0.3) is 0 Å². The molecule has 1 fully saturated rings. The van der Waals surface area contributed by atoms with E-state index in [1.807, 2.05) is 4.90 Å². The number of allylic oxidation sites excluding steroid dienone is 1. The van der Waals surface area contributed by atoms with Gasteiger partial charge in [0.15, 0.2) is 0 Å². The summed E-state index contributed by atoms with van der Waals surface area (Å²) < 4.78 is 0. The summed E-state index contributed by atoms with van der Waals surface area (Å²) in [6.07, 6.45) is 4.53. The highest BCUT2D eigenvalue weighted by Crippen LogP contribution is 2.59. The van der Waals surface area contributed by atoms with Gasteiger partial charge in [0.05, 0.1) is 0 Å². The van der Waals surface area contributed by atoms with E-state index >= 15 is 0 Å². The fourth-order valence-corrected chi connectivity index (χ4v) is 3.28. The lowest BCUT2D eigenvalue weighted by atomic mass is 9.49. The van der Waals surface area contributed by atoms with Crippen LogP contribution in [0, 0.1) is 17.3 Å². The third-order valence-corrected chi connectivity index (χ3v) is 4.77. The summed E-state index contributed by atoms with van der Waals surface area (Å²) in [7, 11) is 0. The molecular weight excluding hydrogens is 198 g/mol. The molecule has 2 bridgehead atoms. The third kappa shape index (κ3) is 1.50. The SMILES string of the molecule is CCN(CC)C(=O)C1=CCC2CC1C2(C)C. The molecule has 3 rings (SSSR count). The van der Waals surface area contributed by atoms with Crippen LogP contribution in [0.5, 0.6) is 0 Å². The zero-order valence-corrected chi connectivity index (χ0v) is 10.9. The Morgan fingerprint density at radius 3 is 2.50 bits per heavy atom. The van der Waals surface area contributed by atoms with Gasteiger partial charge < -0.3 is 4.90 Å². The molecule has 0 saturated heterocycles. The second-order valence-electron chi connectivity index (χ2n) is 5.68. The summed E-state index contributed by atoms with van der Waals surface area (Å²) in [6.45, 7) is 10.4. The van der Waals surface area contributed by atoms with Gasteiger partial charge in [0, 0.05) is 18.7 Å². The van der Waals surface area contributed by atoms with Crippen molar-refractivity contribution in [3.63, 3.8) is 0 Å². The third-order valence-electron chi connectivity index (χ3n) is 4.77. The number of carbonyl (C=O) groups is 1. The zero-order chi connectivity index (χ0) is 11.9. The van der Waals surface area contributed by atoms with Gasteiger partial charge >= 0.3 is 0 Å². The molecule has 1 amide bonds. The maximum atomic E-state index is 12.3. The Morgan fingerprint density at radius 1 is 1.44 bits per heavy atom. The lowest BCUT2D eigenvalue weighted by molar-refractivity contribution is -0.130. The average molecular weight is 221 g/mol. The van der Waals surface area contributed by atoms with Crippen molar-refractivity contribution in [2.75, 3.05) is 13.1 Å². The highest BCUT2D eigenvalue weighted by molar-refractivity contribution is 5.94. The molecule has 0 N–H and O–H groups in total. The molecule has 0 aliphatic heterocycles. The largest absolute Gasteiger partial charge is 0.339 e. The quantitative estimate of drug-likeness (QED) is 0.717. The molecule has 0 radical (unpaired) electrons. The van der Waals surface area contributed by atoms with Crippen LogP contribution in [-0.4, -0.2) is 23.9 Å². The molecular formula is C14H23NO. The first-order valence-electron chi connectivity index (χ1n) is 6.51. The van der Waals surface area contributed by atoms with Gasteiger partial charge in [-0.05, 0) is 43.9 Å². The standard InChI is InChI=1S/C14H23NO/c1-5-15(6-2)13(16)11-8-7-10-9-12(11)14(10,3)4/h8,10,12H,5-7,9H2,1-4H3. The summed E-state index contributed by atoms with van der Waals surface area (Å²) in [5, 5.41) is 0. The fraction of sp³-hybridized carbons (Fsp3) is 0.786. The summed E-state index contributed by atoms with van der Waals surface area (Å²) in [5.74, 6) is 1.60. The van der Waals surface area contributed by atoms with Gasteiger partial charge in [-0.1, -0.05) is 19.9 Å². The van der Waals surface area contributed by atoms with Crippen molar-refractivity contribution in [3.8, 4) is 0 Å². The second-order valence-corrected chi connectivity index (χ2v) is 5.68. The Hall–Kier alpha value is -0.790. The van der Waals surface area contributed by atoms with Gasteiger partial charge in [-0.2, -0.15) is 0 Å². The highest BCUT2D eigenvalue weighted by Gasteiger charge is 2.52. The Bertz CT molecular complexity index is 326. The Kier molecular flexibility index (Phi) is 2.85. The first-order chi connectivity index (χ1) is 7.52. The normalized spacial score (nSPS) is 30.4. The smallest absolute Gasteiger partial charge is 0.249 e. The minimum atomic E-state index is 0.279. The van der Waals surface area contributed by atoms with Crippen molar-refractivity contribution in [1.82, 2.24) is 4.90 Å². The van der Waals surface area contributed by atoms with E-state index in [2.05, 4.69) is 33.8 Å². The van der Waals surface area contributed by atoms with E-state index in [-0.39, 0.29) is 5.91 Å². The molecule has 90 valence electrons. The number of hydrogen-bond acceptors (Lipinski definition) is 1. The summed E-state index contributed by atoms with van der Waals surface area (Å²) in [5.41, 5.74) is 1.45. The molecule has 3 aliphatic rings. The van der Waals surface area contributed by atoms with Crippen molar-refractivity contribution in [1.29, 1.82) is 0 Å². The molecule has 2 nitrogen and oxygen atoms in total. The lowest BCUT2D eigenvalue weighted by Gasteiger charge is -2.56. The molecule has 16 heavy (non-hydrogen) atoms. The second kappa shape index (κ2) is 3.90. The Morgan fingerprint density at radius 2 is 2.06 bits per heavy atom. The predicted octanol–water partition coefficient (Wildman–Crippen LogP) is 2.85. The first-order valence-corrected chi connectivity index (χ1v) is 6.51. The molecule has 0 aromatic rings. The van der Waals surface area contributed by atoms with Crippen LogP contribution in [0.3, 0.4) is 0 Å². The molecule has 3 aliphatic carbocycles. The number of amides is 1. The average Bonchev–Trinajstić information content (AvgIpc) is 2.30. The van der Waals surface area contributed by atoms with Gasteiger partial charge in [-0.15, -0.1) is 0 Å². The van der Waals surface area contributed by atoms with Crippen LogP contribution in [0.1, 0.15) is 40.5 Å². The van der Waals surface area contributed by atoms with Crippen LogP contribution < -0.4 is 0 Å². The number of hydrogen-bond donors (Lipinski definition) is 0. The van der Waals surface area contributed by atoms with Gasteiger partial charge in [0.2, 0.25) is 5.91 Å². The maximum Gasteiger partial charge on any atom is 0.249 e. The van der Waals surface area contributed by atoms with Crippen molar-refractivity contribution < 1.29 is 4.79 Å². The van der Waals surface area contributed by atoms with Gasteiger partial charge in [-0.3, -0.25) is 4.79 Å². The molecule has 0 spiro atoms. The summed E-state index contributed by atoms with van der Waals surface area (Å²) in [4.78, 5) is 14.3. The van der Waals surface area contributed by atoms with E-state index in [9.17, 15) is 4.79 Å². The molecule has 0 aromatic heterocycles. The van der Waals surface area contributed by atoms with E-state index in [1.54, 1.807) is 0 Å². The fourth-order valence-electron chi connectivity index (χ4n) is 3.28. The number of likely N-dealkylation sites (N-methyl/N-ethyl adjacent to an activating group) is 1. The van der Waals surface area contributed by atoms with Crippen molar-refractivity contribution >= 4 is 5.91 Å². The van der Waals surface area contributed by atoms with Crippen LogP contribution >= 0.6 is 0 Å². The summed E-state index contributed by atoms with van der Waals surface area (Å²) in [6, 6.07) is 0. The van der Waals surface area contributed by atoms with Crippen molar-refractivity contribution in [3.05, 3.63) is 11.6 Å². The minimum Gasteiger partial charge on any atom is -0.339 e. The summed E-state index contributed by atoms with van der Waals surface area (Å²) >= 11 is 0. The monoisotopic (exact) mass is 221 g/mol. The van der Waals surface area contributed by atoms with Gasteiger partial charge in [0.25, 0.3) is 0 Å². The Labute approximate surface area is 98.7 Å². The highest BCUT2D eigenvalue weighted by atomic mass is 16.2. The zero-order valence-electron chi connectivity index (χ0n) is 10.9. The molecule has 2 atom stereocenters. The Balaban J connectivity index is 2.17. The van der Waals surface area contributed by atoms with Crippen LogP contribution in [0.2, 0.25) is 0 Å². The van der Waals surface area contributed by atoms with Gasteiger partial charge in [-0.25, -0.2) is 0 Å². The van der Waals surface area contributed by atoms with E-state index in [0.717, 1.165) is 31.0 Å². The van der Waals surface area contributed by atoms with E-state index in [4.69, 9.17) is 0 Å². The number of carbonyl (C=O) groups excluding carboxylic acids is 1. The van der Waals surface area contributed by atoms with Crippen molar-refractivity contribution in [2.45, 2.75) is 40.5 Å². The van der Waals surface area contributed by atoms with E-state index in [0.29, 0.717) is 11.3 Å². The molecule has 2 unspecified atom stereocenters. The van der Waals surface area contributed by atoms with E-state index < -0.39 is 0 Å². The number of rotatable bonds is 3. The van der Waals surface area contributed by atoms with Crippen LogP contribution in [0.4, 0.5) is 0 Å². The lowest BCUT2D eigenvalue weighted by Crippen LogP contribution is -2.51. The maximum absolute atomic E-state index is 12.3. The van der Waals surface area contributed by atoms with Gasteiger partial charge in [0.1, 0.15) is 0 Å². The first kappa shape index (κ1) is 11.7. The van der Waals surface area contributed by atoms with Crippen LogP contribution in [0.15, 0.2) is 11.6 Å². The van der Waals surface area contributed by atoms with E-state index in [1.165, 1.54) is 6.42 Å². The molecule has 1 saturated carbocycles. The van der Waals surface area contributed by atoms with Crippen LogP contribution in [-0.2, 0) is 4.79 Å². The predicted molar refractivity (Wildman–Crippen MR) is 66.0 cm³/mol. The minimum absolute atomic E-state index is 0.279. The molecule has 0 aromatic carbocycles. The molecule has 0 heterocycles. The molecule has 2 heteroatoms.